The monoisotopic (exact) mass is 427 g/mol. The molecule has 0 fully saturated rings. The van der Waals surface area contributed by atoms with Crippen LogP contribution in [0.5, 0.6) is 11.5 Å². The van der Waals surface area contributed by atoms with E-state index in [9.17, 15) is 4.79 Å². The number of anilines is 1. The molecule has 0 unspecified atom stereocenters. The van der Waals surface area contributed by atoms with Crippen LogP contribution in [0, 0.1) is 0 Å². The SMILES string of the molecule is CCOc1cc(NC(=NC)NCc2cccc(C(=O)NCCN(C)C)c2)ccc1OC. The molecule has 0 aliphatic heterocycles. The topological polar surface area (TPSA) is 87.2 Å². The van der Waals surface area contributed by atoms with Crippen molar-refractivity contribution in [1.82, 2.24) is 15.5 Å². The highest BCUT2D eigenvalue weighted by Crippen LogP contribution is 2.30. The molecule has 0 heterocycles. The lowest BCUT2D eigenvalue weighted by Gasteiger charge is -2.15. The van der Waals surface area contributed by atoms with Crippen molar-refractivity contribution >= 4 is 17.6 Å². The summed E-state index contributed by atoms with van der Waals surface area (Å²) in [6.07, 6.45) is 0. The van der Waals surface area contributed by atoms with Gasteiger partial charge in [-0.05, 0) is 50.8 Å². The van der Waals surface area contributed by atoms with Crippen molar-refractivity contribution < 1.29 is 14.3 Å². The van der Waals surface area contributed by atoms with E-state index in [1.54, 1.807) is 14.2 Å². The number of guanidine groups is 1. The van der Waals surface area contributed by atoms with E-state index in [0.717, 1.165) is 17.8 Å². The van der Waals surface area contributed by atoms with Crippen LogP contribution in [0.3, 0.4) is 0 Å². The Bertz CT molecular complexity index is 883. The van der Waals surface area contributed by atoms with Crippen LogP contribution in [0.1, 0.15) is 22.8 Å². The first-order chi connectivity index (χ1) is 15.0. The summed E-state index contributed by atoms with van der Waals surface area (Å²) in [4.78, 5) is 18.6. The van der Waals surface area contributed by atoms with Crippen LogP contribution in [0.25, 0.3) is 0 Å². The Morgan fingerprint density at radius 2 is 1.90 bits per heavy atom. The van der Waals surface area contributed by atoms with Crippen LogP contribution in [-0.4, -0.2) is 64.7 Å². The van der Waals surface area contributed by atoms with E-state index >= 15 is 0 Å². The number of nitrogens with zero attached hydrogens (tertiary/aromatic N) is 2. The van der Waals surface area contributed by atoms with E-state index in [0.29, 0.717) is 42.7 Å². The molecule has 0 aromatic heterocycles. The number of aliphatic imine (C=N–C) groups is 1. The maximum Gasteiger partial charge on any atom is 0.251 e. The highest BCUT2D eigenvalue weighted by atomic mass is 16.5. The number of hydrogen-bond donors (Lipinski definition) is 3. The van der Waals surface area contributed by atoms with Gasteiger partial charge in [-0.25, -0.2) is 0 Å². The standard InChI is InChI=1S/C23H33N5O3/c1-6-31-21-15-19(10-11-20(21)30-5)27-23(24-2)26-16-17-8-7-9-18(14-17)22(29)25-12-13-28(3)4/h7-11,14-15H,6,12-13,16H2,1-5H3,(H,25,29)(H2,24,26,27). The second-order valence-corrected chi connectivity index (χ2v) is 7.11. The predicted molar refractivity (Wildman–Crippen MR) is 125 cm³/mol. The van der Waals surface area contributed by atoms with Crippen molar-refractivity contribution in [1.29, 1.82) is 0 Å². The van der Waals surface area contributed by atoms with Crippen LogP contribution < -0.4 is 25.4 Å². The number of carbonyl (C=O) groups is 1. The Morgan fingerprint density at radius 3 is 2.58 bits per heavy atom. The van der Waals surface area contributed by atoms with Crippen molar-refractivity contribution in [2.45, 2.75) is 13.5 Å². The summed E-state index contributed by atoms with van der Waals surface area (Å²) in [7, 11) is 7.27. The number of hydrogen-bond acceptors (Lipinski definition) is 5. The molecule has 0 bridgehead atoms. The maximum atomic E-state index is 12.3. The average molecular weight is 428 g/mol. The number of ether oxygens (including phenoxy) is 2. The molecule has 0 radical (unpaired) electrons. The molecular weight excluding hydrogens is 394 g/mol. The molecule has 2 aromatic carbocycles. The Balaban J connectivity index is 1.97. The maximum absolute atomic E-state index is 12.3. The fraction of sp³-hybridized carbons (Fsp3) is 0.391. The fourth-order valence-electron chi connectivity index (χ4n) is 2.84. The van der Waals surface area contributed by atoms with E-state index in [-0.39, 0.29) is 5.91 Å². The number of rotatable bonds is 10. The van der Waals surface area contributed by atoms with E-state index in [4.69, 9.17) is 9.47 Å². The molecule has 0 aliphatic rings. The molecule has 3 N–H and O–H groups in total. The molecule has 0 saturated carbocycles. The molecule has 0 spiro atoms. The summed E-state index contributed by atoms with van der Waals surface area (Å²) in [5, 5.41) is 9.44. The summed E-state index contributed by atoms with van der Waals surface area (Å²) >= 11 is 0. The van der Waals surface area contributed by atoms with Crippen molar-refractivity contribution in [2.75, 3.05) is 53.3 Å². The predicted octanol–water partition coefficient (Wildman–Crippen LogP) is 2.57. The van der Waals surface area contributed by atoms with E-state index in [2.05, 4.69) is 20.9 Å². The quantitative estimate of drug-likeness (QED) is 0.399. The Hall–Kier alpha value is -3.26. The van der Waals surface area contributed by atoms with Crippen molar-refractivity contribution in [3.63, 3.8) is 0 Å². The van der Waals surface area contributed by atoms with Gasteiger partial charge in [0.1, 0.15) is 0 Å². The fourth-order valence-corrected chi connectivity index (χ4v) is 2.84. The van der Waals surface area contributed by atoms with Gasteiger partial charge in [-0.2, -0.15) is 0 Å². The lowest BCUT2D eigenvalue weighted by molar-refractivity contribution is 0.0951. The number of benzene rings is 2. The zero-order chi connectivity index (χ0) is 22.6. The molecule has 0 saturated heterocycles. The third-order valence-electron chi connectivity index (χ3n) is 4.44. The Labute approximate surface area is 184 Å². The van der Waals surface area contributed by atoms with Crippen LogP contribution in [0.15, 0.2) is 47.5 Å². The molecule has 0 aliphatic carbocycles. The van der Waals surface area contributed by atoms with E-state index in [1.165, 1.54) is 0 Å². The summed E-state index contributed by atoms with van der Waals surface area (Å²) in [5.74, 6) is 1.87. The van der Waals surface area contributed by atoms with Crippen LogP contribution >= 0.6 is 0 Å². The third-order valence-corrected chi connectivity index (χ3v) is 4.44. The minimum absolute atomic E-state index is 0.0760. The second kappa shape index (κ2) is 12.4. The lowest BCUT2D eigenvalue weighted by Crippen LogP contribution is -2.32. The van der Waals surface area contributed by atoms with Gasteiger partial charge in [0.25, 0.3) is 5.91 Å². The first-order valence-corrected chi connectivity index (χ1v) is 10.3. The zero-order valence-corrected chi connectivity index (χ0v) is 19.0. The minimum Gasteiger partial charge on any atom is -0.493 e. The molecule has 31 heavy (non-hydrogen) atoms. The van der Waals surface area contributed by atoms with Crippen LogP contribution in [0.4, 0.5) is 5.69 Å². The first kappa shape index (κ1) is 24.0. The summed E-state index contributed by atoms with van der Waals surface area (Å²) in [6, 6.07) is 13.2. The molecule has 1 amide bonds. The number of amides is 1. The minimum atomic E-state index is -0.0760. The first-order valence-electron chi connectivity index (χ1n) is 10.3. The smallest absolute Gasteiger partial charge is 0.251 e. The summed E-state index contributed by atoms with van der Waals surface area (Å²) < 4.78 is 10.9. The zero-order valence-electron chi connectivity index (χ0n) is 19.0. The highest BCUT2D eigenvalue weighted by Gasteiger charge is 2.09. The van der Waals surface area contributed by atoms with Gasteiger partial charge in [0.05, 0.1) is 13.7 Å². The largest absolute Gasteiger partial charge is 0.493 e. The van der Waals surface area contributed by atoms with Crippen LogP contribution in [-0.2, 0) is 6.54 Å². The molecule has 8 heteroatoms. The summed E-state index contributed by atoms with van der Waals surface area (Å²) in [5.41, 5.74) is 2.44. The van der Waals surface area contributed by atoms with Crippen molar-refractivity contribution in [3.05, 3.63) is 53.6 Å². The Morgan fingerprint density at radius 1 is 1.10 bits per heavy atom. The Kier molecular flexibility index (Phi) is 9.64. The number of likely N-dealkylation sites (N-methyl/N-ethyl adjacent to an activating group) is 1. The normalized spacial score (nSPS) is 11.2. The van der Waals surface area contributed by atoms with Gasteiger partial charge in [-0.15, -0.1) is 0 Å². The van der Waals surface area contributed by atoms with Gasteiger partial charge in [0.2, 0.25) is 0 Å². The molecule has 2 aromatic rings. The number of nitrogens with one attached hydrogen (secondary N) is 3. The lowest BCUT2D eigenvalue weighted by atomic mass is 10.1. The molecule has 168 valence electrons. The average Bonchev–Trinajstić information content (AvgIpc) is 2.77. The highest BCUT2D eigenvalue weighted by molar-refractivity contribution is 5.95. The summed E-state index contributed by atoms with van der Waals surface area (Å²) in [6.45, 7) is 4.40. The van der Waals surface area contributed by atoms with Crippen molar-refractivity contribution in [3.8, 4) is 11.5 Å². The molecular formula is C23H33N5O3. The molecule has 0 atom stereocenters. The van der Waals surface area contributed by atoms with Gasteiger partial charge in [-0.3, -0.25) is 9.79 Å². The van der Waals surface area contributed by atoms with Crippen LogP contribution in [0.2, 0.25) is 0 Å². The molecule has 2 rings (SSSR count). The van der Waals surface area contributed by atoms with E-state index < -0.39 is 0 Å². The van der Waals surface area contributed by atoms with Gasteiger partial charge in [-0.1, -0.05) is 12.1 Å². The third kappa shape index (κ3) is 7.82. The van der Waals surface area contributed by atoms with E-state index in [1.807, 2.05) is 68.4 Å². The van der Waals surface area contributed by atoms with Gasteiger partial charge in [0.15, 0.2) is 17.5 Å². The number of methoxy groups -OCH3 is 1. The van der Waals surface area contributed by atoms with Gasteiger partial charge < -0.3 is 30.3 Å². The van der Waals surface area contributed by atoms with Gasteiger partial charge in [0, 0.05) is 44.0 Å². The second-order valence-electron chi connectivity index (χ2n) is 7.11. The van der Waals surface area contributed by atoms with Crippen molar-refractivity contribution in [2.24, 2.45) is 4.99 Å². The van der Waals surface area contributed by atoms with Gasteiger partial charge >= 0.3 is 0 Å². The molecule has 8 nitrogen and oxygen atoms in total. The number of carbonyl (C=O) groups excluding carboxylic acids is 1.